The van der Waals surface area contributed by atoms with Gasteiger partial charge in [0.2, 0.25) is 0 Å². The van der Waals surface area contributed by atoms with Gasteiger partial charge in [0.25, 0.3) is 0 Å². The minimum Gasteiger partial charge on any atom is -0.317 e. The fourth-order valence-corrected chi connectivity index (χ4v) is 2.87. The summed E-state index contributed by atoms with van der Waals surface area (Å²) in [6.45, 7) is 11.0. The molecule has 0 heterocycles. The first kappa shape index (κ1) is 25.2. The van der Waals surface area contributed by atoms with Crippen molar-refractivity contribution in [1.82, 2.24) is 5.32 Å². The Balaban J connectivity index is 0. The predicted molar refractivity (Wildman–Crippen MR) is 109 cm³/mol. The quantitative estimate of drug-likeness (QED) is 0.268. The first-order chi connectivity index (χ1) is 11.3. The maximum absolute atomic E-state index is 3.11. The third-order valence-corrected chi connectivity index (χ3v) is 4.46. The third kappa shape index (κ3) is 30.4. The molecule has 0 unspecified atom stereocenters. The SMILES string of the molecule is CCCCCCCCCCCCCCCCCC.CCNCC. The standard InChI is InChI=1S/C18H38.C4H11N/c1-3-5-7-9-11-13-15-17-18-16-14-12-10-8-6-4-2;1-3-5-4-2/h3-18H2,1-2H3;5H,3-4H2,1-2H3. The highest BCUT2D eigenvalue weighted by atomic mass is 14.8. The van der Waals surface area contributed by atoms with Gasteiger partial charge in [-0.3, -0.25) is 0 Å². The average molecular weight is 328 g/mol. The van der Waals surface area contributed by atoms with Crippen molar-refractivity contribution in [2.24, 2.45) is 0 Å². The van der Waals surface area contributed by atoms with E-state index in [0.29, 0.717) is 0 Å². The summed E-state index contributed by atoms with van der Waals surface area (Å²) in [5.74, 6) is 0. The van der Waals surface area contributed by atoms with Crippen molar-refractivity contribution < 1.29 is 0 Å². The normalized spacial score (nSPS) is 10.4. The van der Waals surface area contributed by atoms with E-state index in [2.05, 4.69) is 33.0 Å². The number of rotatable bonds is 17. The molecule has 0 saturated carbocycles. The van der Waals surface area contributed by atoms with Crippen LogP contribution < -0.4 is 5.32 Å². The zero-order valence-corrected chi connectivity index (χ0v) is 17.2. The molecule has 0 aliphatic rings. The van der Waals surface area contributed by atoms with Crippen molar-refractivity contribution >= 4 is 0 Å². The second kappa shape index (κ2) is 26.8. The summed E-state index contributed by atoms with van der Waals surface area (Å²) in [7, 11) is 0. The Morgan fingerprint density at radius 2 is 0.565 bits per heavy atom. The van der Waals surface area contributed by atoms with Gasteiger partial charge in [0.15, 0.2) is 0 Å². The van der Waals surface area contributed by atoms with Crippen molar-refractivity contribution in [2.45, 2.75) is 130 Å². The average Bonchev–Trinajstić information content (AvgIpc) is 2.56. The lowest BCUT2D eigenvalue weighted by Crippen LogP contribution is -2.09. The van der Waals surface area contributed by atoms with Gasteiger partial charge in [-0.15, -0.1) is 0 Å². The lowest BCUT2D eigenvalue weighted by Gasteiger charge is -2.03. The van der Waals surface area contributed by atoms with Crippen LogP contribution >= 0.6 is 0 Å². The molecule has 0 radical (unpaired) electrons. The Bertz CT molecular complexity index is 149. The summed E-state index contributed by atoms with van der Waals surface area (Å²) < 4.78 is 0. The molecular weight excluding hydrogens is 278 g/mol. The summed E-state index contributed by atoms with van der Waals surface area (Å²) in [6.07, 6.45) is 23.4. The van der Waals surface area contributed by atoms with E-state index in [4.69, 9.17) is 0 Å². The minimum absolute atomic E-state index is 1.09. The molecule has 142 valence electrons. The Morgan fingerprint density at radius 1 is 0.348 bits per heavy atom. The molecule has 0 aliphatic heterocycles. The monoisotopic (exact) mass is 327 g/mol. The molecule has 0 aliphatic carbocycles. The molecule has 0 amide bonds. The van der Waals surface area contributed by atoms with Gasteiger partial charge in [-0.1, -0.05) is 130 Å². The van der Waals surface area contributed by atoms with Crippen LogP contribution in [0.2, 0.25) is 0 Å². The largest absolute Gasteiger partial charge is 0.317 e. The zero-order chi connectivity index (χ0) is 17.4. The summed E-state index contributed by atoms with van der Waals surface area (Å²) >= 11 is 0. The smallest absolute Gasteiger partial charge is 0.00775 e. The second-order valence-corrected chi connectivity index (χ2v) is 6.91. The van der Waals surface area contributed by atoms with E-state index in [1.807, 2.05) is 0 Å². The Hall–Kier alpha value is -0.0400. The van der Waals surface area contributed by atoms with Gasteiger partial charge < -0.3 is 5.32 Å². The van der Waals surface area contributed by atoms with Crippen LogP contribution in [-0.2, 0) is 0 Å². The second-order valence-electron chi connectivity index (χ2n) is 6.91. The molecule has 0 aromatic heterocycles. The van der Waals surface area contributed by atoms with Crippen molar-refractivity contribution in [1.29, 1.82) is 0 Å². The van der Waals surface area contributed by atoms with Crippen LogP contribution in [-0.4, -0.2) is 13.1 Å². The van der Waals surface area contributed by atoms with Gasteiger partial charge in [-0.05, 0) is 13.1 Å². The molecule has 0 atom stereocenters. The zero-order valence-electron chi connectivity index (χ0n) is 17.2. The summed E-state index contributed by atoms with van der Waals surface area (Å²) in [5, 5.41) is 3.11. The predicted octanol–water partition coefficient (Wildman–Crippen LogP) is 7.88. The van der Waals surface area contributed by atoms with Gasteiger partial charge in [0.1, 0.15) is 0 Å². The van der Waals surface area contributed by atoms with E-state index < -0.39 is 0 Å². The van der Waals surface area contributed by atoms with E-state index in [0.717, 1.165) is 13.1 Å². The molecular formula is C22H49N. The number of unbranched alkanes of at least 4 members (excludes halogenated alkanes) is 15. The highest BCUT2D eigenvalue weighted by molar-refractivity contribution is 4.49. The molecule has 0 spiro atoms. The van der Waals surface area contributed by atoms with Crippen LogP contribution in [0.4, 0.5) is 0 Å². The van der Waals surface area contributed by atoms with Gasteiger partial charge >= 0.3 is 0 Å². The lowest BCUT2D eigenvalue weighted by molar-refractivity contribution is 0.531. The van der Waals surface area contributed by atoms with Crippen LogP contribution in [0, 0.1) is 0 Å². The van der Waals surface area contributed by atoms with Gasteiger partial charge in [0.05, 0.1) is 0 Å². The molecule has 0 bridgehead atoms. The molecule has 0 fully saturated rings. The molecule has 1 N–H and O–H groups in total. The van der Waals surface area contributed by atoms with Crippen LogP contribution in [0.15, 0.2) is 0 Å². The van der Waals surface area contributed by atoms with Crippen LogP contribution in [0.25, 0.3) is 0 Å². The van der Waals surface area contributed by atoms with E-state index in [-0.39, 0.29) is 0 Å². The van der Waals surface area contributed by atoms with Crippen molar-refractivity contribution in [3.63, 3.8) is 0 Å². The van der Waals surface area contributed by atoms with Crippen molar-refractivity contribution in [3.8, 4) is 0 Å². The lowest BCUT2D eigenvalue weighted by atomic mass is 10.0. The van der Waals surface area contributed by atoms with E-state index >= 15 is 0 Å². The first-order valence-electron chi connectivity index (χ1n) is 11.0. The fraction of sp³-hybridized carbons (Fsp3) is 1.00. The molecule has 0 rings (SSSR count). The molecule has 0 aromatic carbocycles. The highest BCUT2D eigenvalue weighted by Crippen LogP contribution is 2.13. The van der Waals surface area contributed by atoms with Crippen LogP contribution in [0.5, 0.6) is 0 Å². The van der Waals surface area contributed by atoms with Gasteiger partial charge in [-0.25, -0.2) is 0 Å². The number of nitrogens with one attached hydrogen (secondary N) is 1. The maximum Gasteiger partial charge on any atom is -0.00775 e. The van der Waals surface area contributed by atoms with Crippen LogP contribution in [0.1, 0.15) is 130 Å². The molecule has 23 heavy (non-hydrogen) atoms. The Morgan fingerprint density at radius 3 is 0.696 bits per heavy atom. The third-order valence-electron chi connectivity index (χ3n) is 4.46. The molecule has 0 aromatic rings. The summed E-state index contributed by atoms with van der Waals surface area (Å²) in [5.41, 5.74) is 0. The Kier molecular flexibility index (Phi) is 29.4. The topological polar surface area (TPSA) is 12.0 Å². The Labute approximate surface area is 149 Å². The highest BCUT2D eigenvalue weighted by Gasteiger charge is 1.93. The van der Waals surface area contributed by atoms with E-state index in [1.54, 1.807) is 0 Å². The van der Waals surface area contributed by atoms with Gasteiger partial charge in [-0.2, -0.15) is 0 Å². The van der Waals surface area contributed by atoms with Crippen molar-refractivity contribution in [3.05, 3.63) is 0 Å². The van der Waals surface area contributed by atoms with Gasteiger partial charge in [0, 0.05) is 0 Å². The van der Waals surface area contributed by atoms with Crippen molar-refractivity contribution in [2.75, 3.05) is 13.1 Å². The van der Waals surface area contributed by atoms with Crippen LogP contribution in [0.3, 0.4) is 0 Å². The fourth-order valence-electron chi connectivity index (χ4n) is 2.87. The summed E-state index contributed by atoms with van der Waals surface area (Å²) in [4.78, 5) is 0. The molecule has 0 saturated heterocycles. The number of hydrogen-bond donors (Lipinski definition) is 1. The van der Waals surface area contributed by atoms with E-state index in [1.165, 1.54) is 103 Å². The first-order valence-corrected chi connectivity index (χ1v) is 11.0. The maximum atomic E-state index is 3.11. The van der Waals surface area contributed by atoms with E-state index in [9.17, 15) is 0 Å². The number of hydrogen-bond acceptors (Lipinski definition) is 1. The molecule has 1 heteroatoms. The summed E-state index contributed by atoms with van der Waals surface area (Å²) in [6, 6.07) is 0. The minimum atomic E-state index is 1.09. The molecule has 1 nitrogen and oxygen atoms in total.